The van der Waals surface area contributed by atoms with Gasteiger partial charge in [-0.25, -0.2) is 0 Å². The van der Waals surface area contributed by atoms with E-state index in [1.54, 1.807) is 12.5 Å². The second kappa shape index (κ2) is 8.72. The van der Waals surface area contributed by atoms with E-state index in [-0.39, 0.29) is 33.9 Å². The molecule has 0 heterocycles. The van der Waals surface area contributed by atoms with E-state index in [2.05, 4.69) is 48.1 Å². The second-order valence-corrected chi connectivity index (χ2v) is 14.1. The zero-order chi connectivity index (χ0) is 26.1. The molecular weight excluding hydrogens is 436 g/mol. The Morgan fingerprint density at radius 3 is 2.29 bits per heavy atom. The Hall–Kier alpha value is -1.13. The maximum Gasteiger partial charge on any atom is 0.310 e. The molecule has 0 bridgehead atoms. The molecule has 4 rings (SSSR count). The van der Waals surface area contributed by atoms with Crippen LogP contribution >= 0.6 is 0 Å². The monoisotopic (exact) mass is 486 g/mol. The van der Waals surface area contributed by atoms with Gasteiger partial charge >= 0.3 is 5.97 Å². The summed E-state index contributed by atoms with van der Waals surface area (Å²) in [5.41, 5.74) is 3.76. The van der Waals surface area contributed by atoms with E-state index in [9.17, 15) is 20.1 Å². The van der Waals surface area contributed by atoms with Crippen LogP contribution in [0.4, 0.5) is 0 Å². The minimum Gasteiger partial charge on any atom is -0.481 e. The first-order chi connectivity index (χ1) is 16.1. The van der Waals surface area contributed by atoms with Gasteiger partial charge in [-0.15, -0.1) is 0 Å². The summed E-state index contributed by atoms with van der Waals surface area (Å²) >= 11 is 0. The van der Waals surface area contributed by atoms with Gasteiger partial charge in [-0.3, -0.25) is 4.79 Å². The second-order valence-electron chi connectivity index (χ2n) is 14.1. The Bertz CT molecular complexity index is 917. The predicted molar refractivity (Wildman–Crippen MR) is 141 cm³/mol. The van der Waals surface area contributed by atoms with Crippen LogP contribution < -0.4 is 0 Å². The van der Waals surface area contributed by atoms with Crippen molar-refractivity contribution in [2.24, 2.45) is 45.3 Å². The number of carboxylic acid groups (broad SMARTS) is 1. The molecular formula is C31H50O4. The van der Waals surface area contributed by atoms with Crippen molar-refractivity contribution >= 4 is 5.97 Å². The quantitative estimate of drug-likeness (QED) is 0.362. The van der Waals surface area contributed by atoms with E-state index in [0.717, 1.165) is 63.4 Å². The van der Waals surface area contributed by atoms with Crippen molar-refractivity contribution in [3.8, 4) is 0 Å². The van der Waals surface area contributed by atoms with E-state index in [0.29, 0.717) is 17.8 Å². The number of hydrogen-bond acceptors (Lipinski definition) is 3. The summed E-state index contributed by atoms with van der Waals surface area (Å²) in [4.78, 5) is 11.4. The lowest BCUT2D eigenvalue weighted by atomic mass is 9.42. The minimum absolute atomic E-state index is 0.00151. The third-order valence-corrected chi connectivity index (χ3v) is 12.5. The number of fused-ring (bicyclic) bond motifs is 4. The third kappa shape index (κ3) is 3.71. The Labute approximate surface area is 213 Å². The molecule has 0 aromatic heterocycles. The van der Waals surface area contributed by atoms with Gasteiger partial charge in [-0.2, -0.15) is 0 Å². The van der Waals surface area contributed by atoms with Crippen LogP contribution in [-0.2, 0) is 4.79 Å². The van der Waals surface area contributed by atoms with Crippen molar-refractivity contribution in [3.63, 3.8) is 0 Å². The van der Waals surface area contributed by atoms with Gasteiger partial charge in [-0.05, 0) is 98.7 Å². The van der Waals surface area contributed by atoms with Crippen molar-refractivity contribution in [3.05, 3.63) is 23.3 Å². The highest BCUT2D eigenvalue weighted by atomic mass is 16.4. The number of carbonyl (C=O) groups is 1. The highest BCUT2D eigenvalue weighted by Gasteiger charge is 2.66. The smallest absolute Gasteiger partial charge is 0.310 e. The van der Waals surface area contributed by atoms with Gasteiger partial charge in [0.05, 0.1) is 18.1 Å². The number of allylic oxidation sites excluding steroid dienone is 1. The molecule has 2 saturated carbocycles. The zero-order valence-electron chi connectivity index (χ0n) is 23.3. The van der Waals surface area contributed by atoms with Gasteiger partial charge in [-0.1, -0.05) is 64.8 Å². The van der Waals surface area contributed by atoms with Crippen molar-refractivity contribution in [2.45, 2.75) is 118 Å². The first kappa shape index (κ1) is 26.9. The molecule has 2 fully saturated rings. The molecule has 35 heavy (non-hydrogen) atoms. The predicted octanol–water partition coefficient (Wildman–Crippen LogP) is 6.76. The van der Waals surface area contributed by atoms with Crippen LogP contribution in [0.3, 0.4) is 0 Å². The zero-order valence-corrected chi connectivity index (χ0v) is 23.3. The lowest BCUT2D eigenvalue weighted by Gasteiger charge is -2.63. The highest BCUT2D eigenvalue weighted by Crippen LogP contribution is 2.72. The molecule has 0 amide bonds. The fourth-order valence-electron chi connectivity index (χ4n) is 9.64. The number of rotatable bonds is 6. The van der Waals surface area contributed by atoms with Gasteiger partial charge in [0.1, 0.15) is 0 Å². The van der Waals surface area contributed by atoms with Crippen molar-refractivity contribution in [2.75, 3.05) is 0 Å². The lowest BCUT2D eigenvalue weighted by Crippen LogP contribution is -2.58. The van der Waals surface area contributed by atoms with Crippen LogP contribution in [0, 0.1) is 45.3 Å². The van der Waals surface area contributed by atoms with Crippen LogP contribution in [-0.4, -0.2) is 33.5 Å². The Kier molecular flexibility index (Phi) is 6.71. The Morgan fingerprint density at radius 2 is 1.66 bits per heavy atom. The summed E-state index contributed by atoms with van der Waals surface area (Å²) in [6, 6.07) is 0. The van der Waals surface area contributed by atoms with E-state index in [1.807, 2.05) is 0 Å². The number of aliphatic hydroxyl groups excluding tert-OH is 2. The van der Waals surface area contributed by atoms with Crippen molar-refractivity contribution < 1.29 is 20.1 Å². The summed E-state index contributed by atoms with van der Waals surface area (Å²) in [6.07, 6.45) is 8.15. The Balaban J connectivity index is 1.63. The van der Waals surface area contributed by atoms with Gasteiger partial charge in [0.2, 0.25) is 0 Å². The van der Waals surface area contributed by atoms with Crippen LogP contribution in [0.15, 0.2) is 23.3 Å². The van der Waals surface area contributed by atoms with E-state index in [1.165, 1.54) is 5.57 Å². The van der Waals surface area contributed by atoms with Crippen LogP contribution in [0.25, 0.3) is 0 Å². The highest BCUT2D eigenvalue weighted by molar-refractivity contribution is 5.72. The maximum atomic E-state index is 11.9. The SMILES string of the molecule is C=C(CC[C@H](C)[C@@H]1CC[C@]2(C)C3=C(C[C@H](O)[C@]12C)[C@]1(C)CC[C@H](O)C(C)(C)[C@@H]1CC3)[C@H](C)C(=O)O. The summed E-state index contributed by atoms with van der Waals surface area (Å²) < 4.78 is 0. The molecule has 0 saturated heterocycles. The average Bonchev–Trinajstić information content (AvgIpc) is 3.08. The fraction of sp³-hybridized carbons (Fsp3) is 0.839. The molecule has 0 spiro atoms. The third-order valence-electron chi connectivity index (χ3n) is 12.5. The number of hydrogen-bond donors (Lipinski definition) is 3. The van der Waals surface area contributed by atoms with Crippen LogP contribution in [0.1, 0.15) is 106 Å². The Morgan fingerprint density at radius 1 is 1.00 bits per heavy atom. The number of aliphatic hydroxyl groups is 2. The molecule has 4 heteroatoms. The van der Waals surface area contributed by atoms with Crippen LogP contribution in [0.5, 0.6) is 0 Å². The van der Waals surface area contributed by atoms with Crippen LogP contribution in [0.2, 0.25) is 0 Å². The van der Waals surface area contributed by atoms with Gasteiger partial charge in [0, 0.05) is 5.41 Å². The molecule has 3 N–H and O–H groups in total. The van der Waals surface area contributed by atoms with Gasteiger partial charge in [0.25, 0.3) is 0 Å². The van der Waals surface area contributed by atoms with E-state index >= 15 is 0 Å². The summed E-state index contributed by atoms with van der Waals surface area (Å²) in [5.74, 6) is -0.0238. The molecule has 198 valence electrons. The topological polar surface area (TPSA) is 77.8 Å². The largest absolute Gasteiger partial charge is 0.481 e. The lowest BCUT2D eigenvalue weighted by molar-refractivity contribution is -0.139. The molecule has 0 radical (unpaired) electrons. The standard InChI is InChI=1S/C31H50O4/c1-18(20(3)27(34)35)9-10-19(2)21-13-16-30(7)22-11-12-24-28(4,5)25(32)14-15-29(24,6)23(22)17-26(33)31(21,30)8/h19-21,24-26,32-33H,1,9-17H2,2-8H3,(H,34,35)/t19-,20-,21-,24-,25-,26-,29-,30+,31-/m0/s1. The molecule has 4 aliphatic carbocycles. The maximum absolute atomic E-state index is 11.9. The van der Waals surface area contributed by atoms with Gasteiger partial charge in [0.15, 0.2) is 0 Å². The first-order valence-corrected chi connectivity index (χ1v) is 14.1. The van der Waals surface area contributed by atoms with E-state index < -0.39 is 11.9 Å². The summed E-state index contributed by atoms with van der Waals surface area (Å²) in [5, 5.41) is 32.1. The average molecular weight is 487 g/mol. The minimum atomic E-state index is -0.798. The van der Waals surface area contributed by atoms with Crippen molar-refractivity contribution in [1.82, 2.24) is 0 Å². The molecule has 9 atom stereocenters. The molecule has 0 aromatic carbocycles. The molecule has 0 aliphatic heterocycles. The number of carboxylic acids is 1. The number of aliphatic carboxylic acids is 1. The fourth-order valence-corrected chi connectivity index (χ4v) is 9.64. The van der Waals surface area contributed by atoms with E-state index in [4.69, 9.17) is 0 Å². The molecule has 0 unspecified atom stereocenters. The normalized spacial score (nSPS) is 44.1. The van der Waals surface area contributed by atoms with Gasteiger partial charge < -0.3 is 15.3 Å². The summed E-state index contributed by atoms with van der Waals surface area (Å²) in [7, 11) is 0. The van der Waals surface area contributed by atoms with Crippen molar-refractivity contribution in [1.29, 1.82) is 0 Å². The molecule has 4 nitrogen and oxygen atoms in total. The first-order valence-electron chi connectivity index (χ1n) is 14.1. The molecule has 4 aliphatic rings. The summed E-state index contributed by atoms with van der Waals surface area (Å²) in [6.45, 7) is 19.8. The molecule has 0 aromatic rings.